The lowest BCUT2D eigenvalue weighted by Gasteiger charge is -2.11. The van der Waals surface area contributed by atoms with Gasteiger partial charge in [-0.3, -0.25) is 25.5 Å². The molecule has 19 heavy (non-hydrogen) atoms. The van der Waals surface area contributed by atoms with Crippen molar-refractivity contribution in [2.75, 3.05) is 5.32 Å². The van der Waals surface area contributed by atoms with Gasteiger partial charge in [0.1, 0.15) is 0 Å². The lowest BCUT2D eigenvalue weighted by molar-refractivity contribution is -0.394. The number of hydrogen-bond acceptors (Lipinski definition) is 6. The SMILES string of the molecule is O=[N+]([O-])c1cc(NC(F)(F)F)c(O)c([N+](=O)[O-])c1Cl. The van der Waals surface area contributed by atoms with Crippen LogP contribution >= 0.6 is 11.6 Å². The summed E-state index contributed by atoms with van der Waals surface area (Å²) in [6.07, 6.45) is -5.05. The van der Waals surface area contributed by atoms with Gasteiger partial charge in [0.05, 0.1) is 15.5 Å². The molecule has 1 rings (SSSR count). The highest BCUT2D eigenvalue weighted by Gasteiger charge is 2.36. The Morgan fingerprint density at radius 2 is 1.79 bits per heavy atom. The highest BCUT2D eigenvalue weighted by molar-refractivity contribution is 6.35. The molecular weight excluding hydrogens is 299 g/mol. The van der Waals surface area contributed by atoms with Crippen LogP contribution in [0.15, 0.2) is 6.07 Å². The molecule has 0 fully saturated rings. The Morgan fingerprint density at radius 1 is 1.26 bits per heavy atom. The van der Waals surface area contributed by atoms with Crippen LogP contribution in [0.3, 0.4) is 0 Å². The molecule has 0 aliphatic rings. The average molecular weight is 302 g/mol. The minimum absolute atomic E-state index is 0.248. The number of phenolic OH excluding ortho intramolecular Hbond substituents is 1. The third-order valence-corrected chi connectivity index (χ3v) is 2.22. The predicted octanol–water partition coefficient (Wildman–Crippen LogP) is 2.79. The smallest absolute Gasteiger partial charge is 0.482 e. The number of hydrogen-bond donors (Lipinski definition) is 2. The van der Waals surface area contributed by atoms with Crippen molar-refractivity contribution in [3.8, 4) is 5.75 Å². The molecule has 0 heterocycles. The summed E-state index contributed by atoms with van der Waals surface area (Å²) in [5, 5.41) is 30.1. The molecule has 0 unspecified atom stereocenters. The van der Waals surface area contributed by atoms with E-state index in [9.17, 15) is 38.5 Å². The molecule has 1 aromatic carbocycles. The molecule has 0 aromatic heterocycles. The Kier molecular flexibility index (Phi) is 3.70. The van der Waals surface area contributed by atoms with Crippen LogP contribution in [0.25, 0.3) is 0 Å². The molecule has 0 aliphatic carbocycles. The first-order valence-electron chi connectivity index (χ1n) is 4.23. The van der Waals surface area contributed by atoms with Crippen molar-refractivity contribution in [2.24, 2.45) is 0 Å². The number of benzene rings is 1. The van der Waals surface area contributed by atoms with E-state index in [0.29, 0.717) is 0 Å². The van der Waals surface area contributed by atoms with E-state index >= 15 is 0 Å². The van der Waals surface area contributed by atoms with Crippen LogP contribution in [-0.2, 0) is 0 Å². The molecule has 8 nitrogen and oxygen atoms in total. The molecular formula is C7H3ClF3N3O5. The van der Waals surface area contributed by atoms with Crippen molar-refractivity contribution >= 4 is 28.7 Å². The summed E-state index contributed by atoms with van der Waals surface area (Å²) in [5.41, 5.74) is -3.77. The highest BCUT2D eigenvalue weighted by Crippen LogP contribution is 2.46. The average Bonchev–Trinajstić information content (AvgIpc) is 2.19. The molecule has 0 atom stereocenters. The van der Waals surface area contributed by atoms with Gasteiger partial charge in [0.2, 0.25) is 5.75 Å². The number of phenols is 1. The first-order valence-corrected chi connectivity index (χ1v) is 4.61. The van der Waals surface area contributed by atoms with E-state index in [0.717, 1.165) is 5.32 Å². The van der Waals surface area contributed by atoms with E-state index in [1.807, 2.05) is 0 Å². The third-order valence-electron chi connectivity index (χ3n) is 1.85. The van der Waals surface area contributed by atoms with Crippen LogP contribution in [0.2, 0.25) is 5.02 Å². The molecule has 12 heteroatoms. The maximum Gasteiger partial charge on any atom is 0.482 e. The zero-order valence-electron chi connectivity index (χ0n) is 8.56. The van der Waals surface area contributed by atoms with Gasteiger partial charge in [-0.1, -0.05) is 11.6 Å². The quantitative estimate of drug-likeness (QED) is 0.383. The first kappa shape index (κ1) is 14.8. The summed E-state index contributed by atoms with van der Waals surface area (Å²) in [6.45, 7) is 0. The number of anilines is 1. The van der Waals surface area contributed by atoms with E-state index in [4.69, 9.17) is 11.6 Å². The van der Waals surface area contributed by atoms with Gasteiger partial charge in [-0.15, -0.1) is 0 Å². The summed E-state index contributed by atoms with van der Waals surface area (Å²) in [4.78, 5) is 18.6. The van der Waals surface area contributed by atoms with Gasteiger partial charge >= 0.3 is 12.0 Å². The molecule has 0 saturated heterocycles. The van der Waals surface area contributed by atoms with Gasteiger partial charge in [-0.25, -0.2) is 0 Å². The minimum Gasteiger partial charge on any atom is -0.501 e. The van der Waals surface area contributed by atoms with Crippen LogP contribution in [-0.4, -0.2) is 21.3 Å². The molecule has 0 amide bonds. The second-order valence-corrected chi connectivity index (χ2v) is 3.47. The zero-order valence-corrected chi connectivity index (χ0v) is 9.32. The first-order chi connectivity index (χ1) is 8.54. The van der Waals surface area contributed by atoms with Gasteiger partial charge in [0.15, 0.2) is 5.02 Å². The minimum atomic E-state index is -5.05. The number of nitrogens with one attached hydrogen (secondary N) is 1. The van der Waals surface area contributed by atoms with Crippen molar-refractivity contribution in [3.05, 3.63) is 31.3 Å². The van der Waals surface area contributed by atoms with Gasteiger partial charge < -0.3 is 5.11 Å². The predicted molar refractivity (Wildman–Crippen MR) is 56.1 cm³/mol. The summed E-state index contributed by atoms with van der Waals surface area (Å²) in [7, 11) is 0. The van der Waals surface area contributed by atoms with Crippen LogP contribution in [0.4, 0.5) is 30.2 Å². The number of nitro groups is 2. The van der Waals surface area contributed by atoms with E-state index in [1.54, 1.807) is 0 Å². The van der Waals surface area contributed by atoms with Crippen molar-refractivity contribution in [1.82, 2.24) is 0 Å². The third kappa shape index (κ3) is 3.13. The summed E-state index contributed by atoms with van der Waals surface area (Å²) in [5.74, 6) is -1.45. The highest BCUT2D eigenvalue weighted by atomic mass is 35.5. The number of aromatic hydroxyl groups is 1. The monoisotopic (exact) mass is 301 g/mol. The maximum atomic E-state index is 12.1. The van der Waals surface area contributed by atoms with Crippen LogP contribution in [0.1, 0.15) is 0 Å². The fourth-order valence-corrected chi connectivity index (χ4v) is 1.45. The normalized spacial score (nSPS) is 11.2. The van der Waals surface area contributed by atoms with Gasteiger partial charge in [-0.05, 0) is 0 Å². The molecule has 1 aromatic rings. The molecule has 104 valence electrons. The van der Waals surface area contributed by atoms with E-state index in [-0.39, 0.29) is 6.07 Å². The number of halogens is 4. The maximum absolute atomic E-state index is 12.1. The largest absolute Gasteiger partial charge is 0.501 e. The van der Waals surface area contributed by atoms with E-state index in [2.05, 4.69) is 0 Å². The molecule has 0 radical (unpaired) electrons. The molecule has 0 bridgehead atoms. The molecule has 0 aliphatic heterocycles. The van der Waals surface area contributed by atoms with Crippen molar-refractivity contribution < 1.29 is 28.1 Å². The van der Waals surface area contributed by atoms with Crippen molar-refractivity contribution in [2.45, 2.75) is 6.30 Å². The van der Waals surface area contributed by atoms with Gasteiger partial charge in [-0.2, -0.15) is 13.2 Å². The summed E-state index contributed by atoms with van der Waals surface area (Å²) in [6, 6.07) is 0.248. The van der Waals surface area contributed by atoms with Crippen LogP contribution in [0, 0.1) is 20.2 Å². The van der Waals surface area contributed by atoms with Gasteiger partial charge in [0.25, 0.3) is 5.69 Å². The Bertz CT molecular complexity index is 562. The molecule has 0 saturated carbocycles. The molecule has 0 spiro atoms. The Morgan fingerprint density at radius 3 is 2.16 bits per heavy atom. The fraction of sp³-hybridized carbons (Fsp3) is 0.143. The summed E-state index contributed by atoms with van der Waals surface area (Å²) >= 11 is 5.29. The van der Waals surface area contributed by atoms with Crippen LogP contribution in [0.5, 0.6) is 5.75 Å². The number of nitrogens with zero attached hydrogens (tertiary/aromatic N) is 2. The Balaban J connectivity index is 3.57. The second-order valence-electron chi connectivity index (χ2n) is 3.09. The zero-order chi connectivity index (χ0) is 15.0. The Hall–Kier alpha value is -2.30. The number of alkyl halides is 3. The van der Waals surface area contributed by atoms with E-state index in [1.165, 1.54) is 0 Å². The summed E-state index contributed by atoms with van der Waals surface area (Å²) < 4.78 is 36.3. The van der Waals surface area contributed by atoms with Crippen molar-refractivity contribution in [1.29, 1.82) is 0 Å². The van der Waals surface area contributed by atoms with Crippen LogP contribution < -0.4 is 5.32 Å². The number of nitro benzene ring substituents is 2. The van der Waals surface area contributed by atoms with Crippen molar-refractivity contribution in [3.63, 3.8) is 0 Å². The molecule has 2 N–H and O–H groups in total. The lowest BCUT2D eigenvalue weighted by Crippen LogP contribution is -2.21. The second kappa shape index (κ2) is 4.76. The number of rotatable bonds is 3. The topological polar surface area (TPSA) is 119 Å². The fourth-order valence-electron chi connectivity index (χ4n) is 1.17. The standard InChI is InChI=1S/C7H3ClF3N3O5/c8-4-3(13(16)17)1-2(12-7(9,10)11)6(15)5(4)14(18)19/h1,12,15H. The Labute approximate surface area is 106 Å². The van der Waals surface area contributed by atoms with E-state index < -0.39 is 44.0 Å². The van der Waals surface area contributed by atoms with Gasteiger partial charge in [0, 0.05) is 6.07 Å². The lowest BCUT2D eigenvalue weighted by atomic mass is 10.2.